The van der Waals surface area contributed by atoms with E-state index in [1.54, 1.807) is 0 Å². The lowest BCUT2D eigenvalue weighted by Gasteiger charge is -2.44. The van der Waals surface area contributed by atoms with Gasteiger partial charge in [-0.05, 0) is 39.1 Å². The number of anilines is 2. The first-order valence-electron chi connectivity index (χ1n) is 8.86. The molecule has 1 aromatic carbocycles. The number of aromatic nitrogens is 2. The van der Waals surface area contributed by atoms with E-state index in [1.165, 1.54) is 12.1 Å². The summed E-state index contributed by atoms with van der Waals surface area (Å²) in [6, 6.07) is 6.71. The molecule has 0 spiro atoms. The molecule has 1 fully saturated rings. The van der Waals surface area contributed by atoms with Crippen LogP contribution in [0.4, 0.5) is 24.7 Å². The minimum absolute atomic E-state index is 0.0938. The van der Waals surface area contributed by atoms with Gasteiger partial charge in [-0.25, -0.2) is 9.97 Å². The van der Waals surface area contributed by atoms with E-state index in [2.05, 4.69) is 20.2 Å². The number of carbonyl (C=O) groups is 1. The van der Waals surface area contributed by atoms with E-state index in [4.69, 9.17) is 0 Å². The number of nitrogens with zero attached hydrogens (tertiary/aromatic N) is 4. The van der Waals surface area contributed by atoms with Crippen LogP contribution in [-0.4, -0.2) is 53.5 Å². The van der Waals surface area contributed by atoms with Crippen molar-refractivity contribution in [1.29, 1.82) is 0 Å². The Bertz CT molecular complexity index is 845. The van der Waals surface area contributed by atoms with Crippen LogP contribution < -0.4 is 10.2 Å². The van der Waals surface area contributed by atoms with Gasteiger partial charge in [-0.3, -0.25) is 9.69 Å². The van der Waals surface area contributed by atoms with Crippen LogP contribution in [-0.2, 0) is 11.0 Å². The van der Waals surface area contributed by atoms with E-state index in [9.17, 15) is 18.0 Å². The maximum absolute atomic E-state index is 12.8. The highest BCUT2D eigenvalue weighted by molar-refractivity contribution is 5.92. The van der Waals surface area contributed by atoms with E-state index in [0.717, 1.165) is 36.7 Å². The number of alkyl halides is 3. The van der Waals surface area contributed by atoms with Crippen LogP contribution >= 0.6 is 0 Å². The molecular formula is C19H22F3N5O. The summed E-state index contributed by atoms with van der Waals surface area (Å²) in [6.45, 7) is 5.31. The smallest absolute Gasteiger partial charge is 0.353 e. The predicted molar refractivity (Wildman–Crippen MR) is 100 cm³/mol. The first kappa shape index (κ1) is 20.1. The van der Waals surface area contributed by atoms with Gasteiger partial charge in [-0.2, -0.15) is 13.2 Å². The van der Waals surface area contributed by atoms with E-state index >= 15 is 0 Å². The molecule has 1 N–H and O–H groups in total. The van der Waals surface area contributed by atoms with Crippen LogP contribution in [0.3, 0.4) is 0 Å². The second kappa shape index (κ2) is 7.75. The molecule has 0 unspecified atom stereocenters. The van der Waals surface area contributed by atoms with Crippen molar-refractivity contribution < 1.29 is 18.0 Å². The average molecular weight is 393 g/mol. The van der Waals surface area contributed by atoms with Gasteiger partial charge in [0.25, 0.3) is 0 Å². The maximum Gasteiger partial charge on any atom is 0.416 e. The number of benzene rings is 1. The molecule has 150 valence electrons. The lowest BCUT2D eigenvalue weighted by Crippen LogP contribution is -2.59. The number of likely N-dealkylation sites (N-methyl/N-ethyl adjacent to an activating group) is 1. The van der Waals surface area contributed by atoms with Gasteiger partial charge in [0, 0.05) is 36.6 Å². The highest BCUT2D eigenvalue weighted by Crippen LogP contribution is 2.30. The summed E-state index contributed by atoms with van der Waals surface area (Å²) in [5.74, 6) is 1.23. The standard InChI is InChI=1S/C19H22F3N5O/c1-12-7-17(24-13(2)23-12)27-9-16(10-27)26(3)11-18(28)25-15-6-4-5-14(8-15)19(20,21)22/h4-8,16H,9-11H2,1-3H3,(H,25,28). The molecule has 1 amide bonds. The molecule has 1 aromatic heterocycles. The normalized spacial score (nSPS) is 14.9. The number of nitrogens with one attached hydrogen (secondary N) is 1. The second-order valence-corrected chi connectivity index (χ2v) is 7.02. The molecule has 6 nitrogen and oxygen atoms in total. The van der Waals surface area contributed by atoms with Gasteiger partial charge in [0.05, 0.1) is 12.1 Å². The molecular weight excluding hydrogens is 371 g/mol. The van der Waals surface area contributed by atoms with Gasteiger partial charge in [0.1, 0.15) is 11.6 Å². The van der Waals surface area contributed by atoms with Crippen molar-refractivity contribution in [2.45, 2.75) is 26.1 Å². The summed E-state index contributed by atoms with van der Waals surface area (Å²) < 4.78 is 38.3. The van der Waals surface area contributed by atoms with E-state index in [1.807, 2.05) is 31.9 Å². The van der Waals surface area contributed by atoms with Crippen LogP contribution in [0.2, 0.25) is 0 Å². The number of aryl methyl sites for hydroxylation is 2. The summed E-state index contributed by atoms with van der Waals surface area (Å²) in [5, 5.41) is 2.53. The third-order valence-electron chi connectivity index (χ3n) is 4.63. The van der Waals surface area contributed by atoms with Gasteiger partial charge in [0.15, 0.2) is 0 Å². The van der Waals surface area contributed by atoms with E-state index in [0.29, 0.717) is 5.82 Å². The highest BCUT2D eigenvalue weighted by Gasteiger charge is 2.32. The first-order valence-corrected chi connectivity index (χ1v) is 8.86. The predicted octanol–water partition coefficient (Wildman–Crippen LogP) is 2.87. The van der Waals surface area contributed by atoms with Gasteiger partial charge in [-0.15, -0.1) is 0 Å². The molecule has 0 saturated carbocycles. The van der Waals surface area contributed by atoms with Crippen LogP contribution in [0.15, 0.2) is 30.3 Å². The van der Waals surface area contributed by atoms with Crippen LogP contribution in [0.5, 0.6) is 0 Å². The Kier molecular flexibility index (Phi) is 5.55. The number of rotatable bonds is 5. The average Bonchev–Trinajstić information content (AvgIpc) is 2.51. The zero-order valence-corrected chi connectivity index (χ0v) is 15.9. The van der Waals surface area contributed by atoms with Gasteiger partial charge < -0.3 is 10.2 Å². The van der Waals surface area contributed by atoms with Crippen molar-refractivity contribution in [2.24, 2.45) is 0 Å². The Labute approximate surface area is 161 Å². The fourth-order valence-electron chi connectivity index (χ4n) is 3.11. The van der Waals surface area contributed by atoms with Crippen LogP contribution in [0.25, 0.3) is 0 Å². The lowest BCUT2D eigenvalue weighted by molar-refractivity contribution is -0.137. The molecule has 0 aliphatic carbocycles. The molecule has 1 saturated heterocycles. The highest BCUT2D eigenvalue weighted by atomic mass is 19.4. The molecule has 0 atom stereocenters. The molecule has 0 bridgehead atoms. The molecule has 0 radical (unpaired) electrons. The molecule has 9 heteroatoms. The molecule has 2 aromatic rings. The summed E-state index contributed by atoms with van der Waals surface area (Å²) in [5.41, 5.74) is 0.249. The summed E-state index contributed by atoms with van der Waals surface area (Å²) >= 11 is 0. The largest absolute Gasteiger partial charge is 0.416 e. The molecule has 28 heavy (non-hydrogen) atoms. The monoisotopic (exact) mass is 393 g/mol. The second-order valence-electron chi connectivity index (χ2n) is 7.02. The first-order chi connectivity index (χ1) is 13.1. The van der Waals surface area contributed by atoms with Crippen molar-refractivity contribution in [3.05, 3.63) is 47.4 Å². The van der Waals surface area contributed by atoms with Crippen molar-refractivity contribution in [3.63, 3.8) is 0 Å². The summed E-state index contributed by atoms with van der Waals surface area (Å²) in [7, 11) is 1.82. The Morgan fingerprint density at radius 2 is 1.96 bits per heavy atom. The zero-order chi connectivity index (χ0) is 20.5. The SMILES string of the molecule is Cc1cc(N2CC(N(C)CC(=O)Nc3cccc(C(F)(F)F)c3)C2)nc(C)n1. The van der Waals surface area contributed by atoms with Gasteiger partial charge in [-0.1, -0.05) is 6.07 Å². The summed E-state index contributed by atoms with van der Waals surface area (Å²) in [6.07, 6.45) is -4.44. The number of carbonyl (C=O) groups excluding carboxylic acids is 1. The van der Waals surface area contributed by atoms with Crippen molar-refractivity contribution >= 4 is 17.4 Å². The molecule has 3 rings (SSSR count). The Balaban J connectivity index is 1.52. The van der Waals surface area contributed by atoms with Gasteiger partial charge in [0.2, 0.25) is 5.91 Å². The number of hydrogen-bond acceptors (Lipinski definition) is 5. The zero-order valence-electron chi connectivity index (χ0n) is 15.9. The number of amides is 1. The van der Waals surface area contributed by atoms with Crippen molar-refractivity contribution in [3.8, 4) is 0 Å². The minimum Gasteiger partial charge on any atom is -0.353 e. The quantitative estimate of drug-likeness (QED) is 0.847. The van der Waals surface area contributed by atoms with Crippen molar-refractivity contribution in [2.75, 3.05) is 36.9 Å². The van der Waals surface area contributed by atoms with Crippen LogP contribution in [0.1, 0.15) is 17.1 Å². The number of halogens is 3. The molecule has 1 aliphatic rings. The van der Waals surface area contributed by atoms with E-state index < -0.39 is 11.7 Å². The Morgan fingerprint density at radius 3 is 2.61 bits per heavy atom. The van der Waals surface area contributed by atoms with Crippen molar-refractivity contribution in [1.82, 2.24) is 14.9 Å². The Hall–Kier alpha value is -2.68. The summed E-state index contributed by atoms with van der Waals surface area (Å²) in [4.78, 5) is 24.9. The fourth-order valence-corrected chi connectivity index (χ4v) is 3.11. The number of hydrogen-bond donors (Lipinski definition) is 1. The minimum atomic E-state index is -4.44. The lowest BCUT2D eigenvalue weighted by atomic mass is 10.1. The molecule has 2 heterocycles. The fraction of sp³-hybridized carbons (Fsp3) is 0.421. The third kappa shape index (κ3) is 4.78. The van der Waals surface area contributed by atoms with E-state index in [-0.39, 0.29) is 24.2 Å². The Morgan fingerprint density at radius 1 is 1.25 bits per heavy atom. The maximum atomic E-state index is 12.8. The molecule has 1 aliphatic heterocycles. The van der Waals surface area contributed by atoms with Gasteiger partial charge >= 0.3 is 6.18 Å². The van der Waals surface area contributed by atoms with Crippen LogP contribution in [0, 0.1) is 13.8 Å². The third-order valence-corrected chi connectivity index (χ3v) is 4.63. The topological polar surface area (TPSA) is 61.4 Å².